The van der Waals surface area contributed by atoms with Crippen LogP contribution in [-0.4, -0.2) is 43.2 Å². The molecule has 25 heavy (non-hydrogen) atoms. The fourth-order valence-electron chi connectivity index (χ4n) is 2.16. The summed E-state index contributed by atoms with van der Waals surface area (Å²) in [6, 6.07) is 5.81. The molecule has 0 bridgehead atoms. The van der Waals surface area contributed by atoms with Gasteiger partial charge in [0.15, 0.2) is 11.5 Å². The number of carbonyl (C=O) groups excluding carboxylic acids is 1. The first-order valence-electron chi connectivity index (χ1n) is 7.84. The van der Waals surface area contributed by atoms with Gasteiger partial charge in [0.05, 0.1) is 26.6 Å². The molecule has 1 amide bonds. The highest BCUT2D eigenvalue weighted by Crippen LogP contribution is 2.27. The molecule has 0 fully saturated rings. The van der Waals surface area contributed by atoms with Gasteiger partial charge in [0, 0.05) is 13.1 Å². The van der Waals surface area contributed by atoms with Crippen LogP contribution in [-0.2, 0) is 6.42 Å². The number of benzene rings is 1. The Morgan fingerprint density at radius 1 is 1.20 bits per heavy atom. The Kier molecular flexibility index (Phi) is 6.76. The minimum atomic E-state index is -0.274. The minimum absolute atomic E-state index is 0.271. The molecule has 1 heterocycles. The van der Waals surface area contributed by atoms with Crippen LogP contribution in [0.4, 0.5) is 5.82 Å². The van der Waals surface area contributed by atoms with Crippen LogP contribution in [0.25, 0.3) is 0 Å². The van der Waals surface area contributed by atoms with E-state index in [1.54, 1.807) is 20.3 Å². The van der Waals surface area contributed by atoms with Gasteiger partial charge in [-0.25, -0.2) is 9.97 Å². The highest BCUT2D eigenvalue weighted by molar-refractivity contribution is 5.92. The maximum atomic E-state index is 11.7. The van der Waals surface area contributed by atoms with Gasteiger partial charge in [0.1, 0.15) is 11.5 Å². The largest absolute Gasteiger partial charge is 0.493 e. The van der Waals surface area contributed by atoms with Gasteiger partial charge in [-0.05, 0) is 24.1 Å². The third-order valence-corrected chi connectivity index (χ3v) is 3.46. The number of methoxy groups -OCH3 is 2. The lowest BCUT2D eigenvalue weighted by Gasteiger charge is -2.10. The van der Waals surface area contributed by atoms with Crippen LogP contribution in [0.15, 0.2) is 43.2 Å². The first kappa shape index (κ1) is 18.3. The summed E-state index contributed by atoms with van der Waals surface area (Å²) in [5.41, 5.74) is 1.38. The SMILES string of the molecule is C=CCNC(=O)c1cnc(NCCc2ccc(OC)c(OC)c2)cn1. The first-order valence-corrected chi connectivity index (χ1v) is 7.84. The smallest absolute Gasteiger partial charge is 0.271 e. The van der Waals surface area contributed by atoms with Gasteiger partial charge >= 0.3 is 0 Å². The zero-order valence-corrected chi connectivity index (χ0v) is 14.4. The number of ether oxygens (including phenoxy) is 2. The molecule has 0 saturated carbocycles. The molecule has 7 nitrogen and oxygen atoms in total. The van der Waals surface area contributed by atoms with Gasteiger partial charge < -0.3 is 20.1 Å². The van der Waals surface area contributed by atoms with Crippen molar-refractivity contribution in [3.8, 4) is 11.5 Å². The second-order valence-electron chi connectivity index (χ2n) is 5.15. The minimum Gasteiger partial charge on any atom is -0.493 e. The van der Waals surface area contributed by atoms with Crippen molar-refractivity contribution < 1.29 is 14.3 Å². The maximum Gasteiger partial charge on any atom is 0.271 e. The molecule has 2 N–H and O–H groups in total. The maximum absolute atomic E-state index is 11.7. The fourth-order valence-corrected chi connectivity index (χ4v) is 2.16. The van der Waals surface area contributed by atoms with E-state index in [0.717, 1.165) is 12.0 Å². The van der Waals surface area contributed by atoms with E-state index >= 15 is 0 Å². The van der Waals surface area contributed by atoms with E-state index in [1.807, 2.05) is 18.2 Å². The zero-order chi connectivity index (χ0) is 18.1. The van der Waals surface area contributed by atoms with Crippen LogP contribution < -0.4 is 20.1 Å². The Balaban J connectivity index is 1.87. The average molecular weight is 342 g/mol. The predicted octanol–water partition coefficient (Wildman–Crippen LogP) is 2.06. The summed E-state index contributed by atoms with van der Waals surface area (Å²) < 4.78 is 10.5. The molecule has 0 atom stereocenters. The van der Waals surface area contributed by atoms with Crippen LogP contribution in [0.5, 0.6) is 11.5 Å². The molecule has 7 heteroatoms. The summed E-state index contributed by atoms with van der Waals surface area (Å²) in [7, 11) is 3.22. The number of anilines is 1. The molecule has 1 aromatic carbocycles. The molecule has 0 aliphatic carbocycles. The Morgan fingerprint density at radius 2 is 2.00 bits per heavy atom. The fraction of sp³-hybridized carbons (Fsp3) is 0.278. The number of carbonyl (C=O) groups is 1. The van der Waals surface area contributed by atoms with E-state index in [4.69, 9.17) is 9.47 Å². The van der Waals surface area contributed by atoms with Crippen LogP contribution in [0.3, 0.4) is 0 Å². The Morgan fingerprint density at radius 3 is 2.64 bits per heavy atom. The van der Waals surface area contributed by atoms with E-state index < -0.39 is 0 Å². The molecule has 0 aliphatic rings. The quantitative estimate of drug-likeness (QED) is 0.679. The van der Waals surface area contributed by atoms with Crippen molar-refractivity contribution in [1.29, 1.82) is 0 Å². The summed E-state index contributed by atoms with van der Waals surface area (Å²) in [4.78, 5) is 20.0. The Hall–Kier alpha value is -3.09. The zero-order valence-electron chi connectivity index (χ0n) is 14.4. The third kappa shape index (κ3) is 5.20. The lowest BCUT2D eigenvalue weighted by Crippen LogP contribution is -2.24. The van der Waals surface area contributed by atoms with Gasteiger partial charge in [-0.15, -0.1) is 6.58 Å². The normalized spacial score (nSPS) is 10.0. The van der Waals surface area contributed by atoms with Crippen molar-refractivity contribution >= 4 is 11.7 Å². The molecule has 2 rings (SSSR count). The van der Waals surface area contributed by atoms with Crippen molar-refractivity contribution in [3.05, 3.63) is 54.5 Å². The molecule has 0 radical (unpaired) electrons. The van der Waals surface area contributed by atoms with Crippen molar-refractivity contribution in [3.63, 3.8) is 0 Å². The number of rotatable bonds is 9. The Labute approximate surface area is 147 Å². The highest BCUT2D eigenvalue weighted by atomic mass is 16.5. The molecule has 0 spiro atoms. The van der Waals surface area contributed by atoms with Crippen LogP contribution in [0, 0.1) is 0 Å². The molecule has 2 aromatic rings. The van der Waals surface area contributed by atoms with E-state index in [2.05, 4.69) is 27.2 Å². The molecular formula is C18H22N4O3. The van der Waals surface area contributed by atoms with Crippen molar-refractivity contribution in [2.24, 2.45) is 0 Å². The van der Waals surface area contributed by atoms with E-state index in [-0.39, 0.29) is 11.6 Å². The van der Waals surface area contributed by atoms with Gasteiger partial charge in [-0.3, -0.25) is 4.79 Å². The predicted molar refractivity (Wildman–Crippen MR) is 96.3 cm³/mol. The molecular weight excluding hydrogens is 320 g/mol. The lowest BCUT2D eigenvalue weighted by molar-refractivity contribution is 0.0952. The van der Waals surface area contributed by atoms with Gasteiger partial charge in [-0.2, -0.15) is 0 Å². The van der Waals surface area contributed by atoms with E-state index in [9.17, 15) is 4.79 Å². The highest BCUT2D eigenvalue weighted by Gasteiger charge is 2.07. The Bertz CT molecular complexity index is 717. The number of hydrogen-bond donors (Lipinski definition) is 2. The monoisotopic (exact) mass is 342 g/mol. The lowest BCUT2D eigenvalue weighted by atomic mass is 10.1. The van der Waals surface area contributed by atoms with Crippen LogP contribution in [0.1, 0.15) is 16.1 Å². The summed E-state index contributed by atoms with van der Waals surface area (Å²) >= 11 is 0. The average Bonchev–Trinajstić information content (AvgIpc) is 2.66. The van der Waals surface area contributed by atoms with Crippen molar-refractivity contribution in [1.82, 2.24) is 15.3 Å². The molecule has 0 unspecified atom stereocenters. The number of nitrogens with one attached hydrogen (secondary N) is 2. The van der Waals surface area contributed by atoms with Crippen molar-refractivity contribution in [2.45, 2.75) is 6.42 Å². The topological polar surface area (TPSA) is 85.4 Å². The van der Waals surface area contributed by atoms with Gasteiger partial charge in [0.25, 0.3) is 5.91 Å². The second kappa shape index (κ2) is 9.27. The molecule has 132 valence electrons. The second-order valence-corrected chi connectivity index (χ2v) is 5.15. The summed E-state index contributed by atoms with van der Waals surface area (Å²) in [6.07, 6.45) is 5.37. The molecule has 1 aromatic heterocycles. The van der Waals surface area contributed by atoms with Crippen LogP contribution in [0.2, 0.25) is 0 Å². The van der Waals surface area contributed by atoms with Crippen molar-refractivity contribution in [2.75, 3.05) is 32.6 Å². The number of nitrogens with zero attached hydrogens (tertiary/aromatic N) is 2. The van der Waals surface area contributed by atoms with Crippen LogP contribution >= 0.6 is 0 Å². The summed E-state index contributed by atoms with van der Waals surface area (Å²) in [5, 5.41) is 5.83. The third-order valence-electron chi connectivity index (χ3n) is 3.46. The van der Waals surface area contributed by atoms with Gasteiger partial charge in [0.2, 0.25) is 0 Å². The van der Waals surface area contributed by atoms with Gasteiger partial charge in [-0.1, -0.05) is 12.1 Å². The number of hydrogen-bond acceptors (Lipinski definition) is 6. The molecule has 0 saturated heterocycles. The first-order chi connectivity index (χ1) is 12.2. The van der Waals surface area contributed by atoms with E-state index in [0.29, 0.717) is 30.4 Å². The summed E-state index contributed by atoms with van der Waals surface area (Å²) in [5.74, 6) is 1.75. The number of aromatic nitrogens is 2. The standard InChI is InChI=1S/C18H22N4O3/c1-4-8-20-18(23)14-11-22-17(12-21-14)19-9-7-13-5-6-15(24-2)16(10-13)25-3/h4-6,10-12H,1,7-9H2,2-3H3,(H,19,22)(H,20,23). The summed E-state index contributed by atoms with van der Waals surface area (Å²) in [6.45, 7) is 4.61. The molecule has 0 aliphatic heterocycles. The van der Waals surface area contributed by atoms with E-state index in [1.165, 1.54) is 12.4 Å². The number of amides is 1.